The smallest absolute Gasteiger partial charge is 0.161 e. The molecule has 0 aliphatic heterocycles. The molecule has 0 N–H and O–H groups in total. The van der Waals surface area contributed by atoms with Gasteiger partial charge in [-0.15, -0.1) is 0 Å². The molecule has 1 aromatic carbocycles. The van der Waals surface area contributed by atoms with Crippen molar-refractivity contribution in [2.24, 2.45) is 5.92 Å². The van der Waals surface area contributed by atoms with Gasteiger partial charge in [-0.3, -0.25) is 4.79 Å². The van der Waals surface area contributed by atoms with Gasteiger partial charge in [-0.05, 0) is 43.4 Å². The van der Waals surface area contributed by atoms with Crippen LogP contribution in [0, 0.1) is 5.92 Å². The van der Waals surface area contributed by atoms with Crippen LogP contribution in [0.5, 0.6) is 11.5 Å². The van der Waals surface area contributed by atoms with Crippen molar-refractivity contribution in [3.8, 4) is 11.5 Å². The van der Waals surface area contributed by atoms with Crippen molar-refractivity contribution in [1.82, 2.24) is 0 Å². The molecule has 3 heteroatoms. The van der Waals surface area contributed by atoms with Gasteiger partial charge < -0.3 is 9.47 Å². The molecule has 0 aromatic heterocycles. The Labute approximate surface area is 134 Å². The number of hydrogen-bond donors (Lipinski definition) is 0. The third kappa shape index (κ3) is 4.75. The Balaban J connectivity index is 1.97. The number of Topliss-reactive ketones (excluding diaryl/α,β-unsaturated/α-hetero) is 1. The van der Waals surface area contributed by atoms with E-state index < -0.39 is 0 Å². The van der Waals surface area contributed by atoms with Crippen LogP contribution in [0.1, 0.15) is 57.4 Å². The summed E-state index contributed by atoms with van der Waals surface area (Å²) in [5.74, 6) is 2.19. The number of rotatable bonds is 8. The number of ketones is 1. The first-order valence-electron chi connectivity index (χ1n) is 8.57. The predicted octanol–water partition coefficient (Wildman–Crippen LogP) is 4.57. The van der Waals surface area contributed by atoms with Crippen molar-refractivity contribution < 1.29 is 14.3 Å². The average molecular weight is 304 g/mol. The first-order valence-corrected chi connectivity index (χ1v) is 8.57. The van der Waals surface area contributed by atoms with E-state index in [0.717, 1.165) is 55.8 Å². The summed E-state index contributed by atoms with van der Waals surface area (Å²) in [7, 11) is 1.67. The van der Waals surface area contributed by atoms with E-state index in [0.29, 0.717) is 5.78 Å². The van der Waals surface area contributed by atoms with Crippen LogP contribution in [-0.4, -0.2) is 19.5 Å². The maximum absolute atomic E-state index is 12.0. The van der Waals surface area contributed by atoms with Crippen LogP contribution in [0.3, 0.4) is 0 Å². The molecule has 1 aliphatic carbocycles. The van der Waals surface area contributed by atoms with Gasteiger partial charge in [0.05, 0.1) is 13.7 Å². The normalized spacial score (nSPS) is 18.3. The van der Waals surface area contributed by atoms with Gasteiger partial charge in [0.15, 0.2) is 11.5 Å². The van der Waals surface area contributed by atoms with E-state index in [-0.39, 0.29) is 5.92 Å². The Hall–Kier alpha value is -1.51. The molecule has 0 spiro atoms. The van der Waals surface area contributed by atoms with E-state index in [4.69, 9.17) is 9.47 Å². The molecule has 0 saturated heterocycles. The topological polar surface area (TPSA) is 35.5 Å². The Kier molecular flexibility index (Phi) is 6.75. The summed E-state index contributed by atoms with van der Waals surface area (Å²) in [5.41, 5.74) is 1.16. The molecule has 0 amide bonds. The fourth-order valence-corrected chi connectivity index (χ4v) is 3.05. The molecular weight excluding hydrogens is 276 g/mol. The van der Waals surface area contributed by atoms with Crippen molar-refractivity contribution >= 4 is 5.78 Å². The zero-order valence-electron chi connectivity index (χ0n) is 13.9. The largest absolute Gasteiger partial charge is 0.493 e. The number of ether oxygens (including phenoxy) is 2. The van der Waals surface area contributed by atoms with Gasteiger partial charge in [-0.1, -0.05) is 32.3 Å². The van der Waals surface area contributed by atoms with Crippen LogP contribution in [-0.2, 0) is 11.2 Å². The molecule has 1 saturated carbocycles. The van der Waals surface area contributed by atoms with E-state index in [1.807, 2.05) is 12.1 Å². The molecule has 1 unspecified atom stereocenters. The maximum Gasteiger partial charge on any atom is 0.161 e. The van der Waals surface area contributed by atoms with Crippen LogP contribution < -0.4 is 9.47 Å². The molecule has 1 fully saturated rings. The second kappa shape index (κ2) is 8.82. The highest BCUT2D eigenvalue weighted by molar-refractivity contribution is 5.81. The molecule has 0 heterocycles. The second-order valence-electron chi connectivity index (χ2n) is 6.15. The Morgan fingerprint density at radius 2 is 2.05 bits per heavy atom. The Morgan fingerprint density at radius 1 is 1.18 bits per heavy atom. The van der Waals surface area contributed by atoms with Crippen LogP contribution in [0.15, 0.2) is 18.2 Å². The highest BCUT2D eigenvalue weighted by Gasteiger charge is 2.22. The molecule has 22 heavy (non-hydrogen) atoms. The first-order chi connectivity index (χ1) is 10.7. The van der Waals surface area contributed by atoms with Crippen molar-refractivity contribution in [2.45, 2.75) is 58.3 Å². The molecule has 1 aliphatic rings. The van der Waals surface area contributed by atoms with Gasteiger partial charge in [0.2, 0.25) is 0 Å². The number of unbranched alkanes of at least 4 members (excludes halogenated alkanes) is 2. The first kappa shape index (κ1) is 16.9. The second-order valence-corrected chi connectivity index (χ2v) is 6.15. The number of methoxy groups -OCH3 is 1. The molecule has 2 rings (SSSR count). The van der Waals surface area contributed by atoms with Gasteiger partial charge in [0.1, 0.15) is 5.78 Å². The highest BCUT2D eigenvalue weighted by atomic mass is 16.5. The number of benzene rings is 1. The SMILES string of the molecule is CCCCCOc1ccc(CC2CCCCC2=O)cc1OC. The van der Waals surface area contributed by atoms with Gasteiger partial charge in [0, 0.05) is 12.3 Å². The fraction of sp³-hybridized carbons (Fsp3) is 0.632. The summed E-state index contributed by atoms with van der Waals surface area (Å²) in [6.07, 6.45) is 8.27. The van der Waals surface area contributed by atoms with Gasteiger partial charge >= 0.3 is 0 Å². The number of carbonyl (C=O) groups is 1. The lowest BCUT2D eigenvalue weighted by atomic mass is 9.84. The summed E-state index contributed by atoms with van der Waals surface area (Å²) < 4.78 is 11.3. The number of carbonyl (C=O) groups excluding carboxylic acids is 1. The summed E-state index contributed by atoms with van der Waals surface area (Å²) in [5, 5.41) is 0. The lowest BCUT2D eigenvalue weighted by Gasteiger charge is -2.21. The number of hydrogen-bond acceptors (Lipinski definition) is 3. The molecule has 1 atom stereocenters. The average Bonchev–Trinajstić information content (AvgIpc) is 2.54. The fourth-order valence-electron chi connectivity index (χ4n) is 3.05. The van der Waals surface area contributed by atoms with Crippen molar-refractivity contribution in [3.63, 3.8) is 0 Å². The quantitative estimate of drug-likeness (QED) is 0.660. The van der Waals surface area contributed by atoms with E-state index in [9.17, 15) is 4.79 Å². The summed E-state index contributed by atoms with van der Waals surface area (Å²) in [6, 6.07) is 6.07. The minimum Gasteiger partial charge on any atom is -0.493 e. The standard InChI is InChI=1S/C19H28O3/c1-3-4-7-12-22-18-11-10-15(14-19(18)21-2)13-16-8-5-6-9-17(16)20/h10-11,14,16H,3-9,12-13H2,1-2H3. The third-order valence-electron chi connectivity index (χ3n) is 4.40. The minimum absolute atomic E-state index is 0.190. The van der Waals surface area contributed by atoms with Crippen molar-refractivity contribution in [3.05, 3.63) is 23.8 Å². The van der Waals surface area contributed by atoms with Crippen molar-refractivity contribution in [2.75, 3.05) is 13.7 Å². The molecule has 122 valence electrons. The van der Waals surface area contributed by atoms with Crippen LogP contribution >= 0.6 is 0 Å². The van der Waals surface area contributed by atoms with Crippen LogP contribution in [0.25, 0.3) is 0 Å². The van der Waals surface area contributed by atoms with E-state index in [2.05, 4.69) is 13.0 Å². The lowest BCUT2D eigenvalue weighted by molar-refractivity contribution is -0.124. The van der Waals surface area contributed by atoms with E-state index >= 15 is 0 Å². The minimum atomic E-state index is 0.190. The molecule has 0 bridgehead atoms. The van der Waals surface area contributed by atoms with Gasteiger partial charge in [-0.25, -0.2) is 0 Å². The summed E-state index contributed by atoms with van der Waals surface area (Å²) >= 11 is 0. The van der Waals surface area contributed by atoms with Crippen molar-refractivity contribution in [1.29, 1.82) is 0 Å². The van der Waals surface area contributed by atoms with E-state index in [1.165, 1.54) is 19.3 Å². The molecule has 0 radical (unpaired) electrons. The molecular formula is C19H28O3. The summed E-state index contributed by atoms with van der Waals surface area (Å²) in [4.78, 5) is 12.0. The maximum atomic E-state index is 12.0. The highest BCUT2D eigenvalue weighted by Crippen LogP contribution is 2.31. The monoisotopic (exact) mass is 304 g/mol. The third-order valence-corrected chi connectivity index (χ3v) is 4.40. The lowest BCUT2D eigenvalue weighted by Crippen LogP contribution is -2.21. The zero-order valence-corrected chi connectivity index (χ0v) is 13.9. The Bertz CT molecular complexity index is 482. The molecule has 1 aromatic rings. The molecule has 3 nitrogen and oxygen atoms in total. The summed E-state index contributed by atoms with van der Waals surface area (Å²) in [6.45, 7) is 2.91. The van der Waals surface area contributed by atoms with Crippen LogP contribution in [0.4, 0.5) is 0 Å². The van der Waals surface area contributed by atoms with Crippen LogP contribution in [0.2, 0.25) is 0 Å². The van der Waals surface area contributed by atoms with E-state index in [1.54, 1.807) is 7.11 Å². The zero-order chi connectivity index (χ0) is 15.8. The van der Waals surface area contributed by atoms with Gasteiger partial charge in [0.25, 0.3) is 0 Å². The predicted molar refractivity (Wildman–Crippen MR) is 88.7 cm³/mol. The Morgan fingerprint density at radius 3 is 2.77 bits per heavy atom. The van der Waals surface area contributed by atoms with Gasteiger partial charge in [-0.2, -0.15) is 0 Å².